The van der Waals surface area contributed by atoms with E-state index in [1.165, 1.54) is 10.9 Å². The van der Waals surface area contributed by atoms with Crippen molar-refractivity contribution in [2.24, 2.45) is 0 Å². The summed E-state index contributed by atoms with van der Waals surface area (Å²) in [4.78, 5) is 25.1. The van der Waals surface area contributed by atoms with Crippen molar-refractivity contribution >= 4 is 44.2 Å². The number of nitrogens with one attached hydrogen (secondary N) is 3. The van der Waals surface area contributed by atoms with Gasteiger partial charge >= 0.3 is 0 Å². The summed E-state index contributed by atoms with van der Waals surface area (Å²) in [6.45, 7) is 0.780. The smallest absolute Gasteiger partial charge is 0.251 e. The number of thiophene rings is 1. The molecule has 0 spiro atoms. The minimum absolute atomic E-state index is 0.0876. The summed E-state index contributed by atoms with van der Waals surface area (Å²) >= 11 is 1.65. The van der Waals surface area contributed by atoms with Crippen LogP contribution < -0.4 is 10.6 Å². The third-order valence-electron chi connectivity index (χ3n) is 5.33. The van der Waals surface area contributed by atoms with Crippen LogP contribution in [0.5, 0.6) is 0 Å². The SMILES string of the molecule is CNC(=O)c1ccc(-c2cc3ncnc(NCCc4c[nH]c5ccccc45)c3s2)cc1. The molecule has 0 fully saturated rings. The topological polar surface area (TPSA) is 82.7 Å². The zero-order chi connectivity index (χ0) is 21.2. The summed E-state index contributed by atoms with van der Waals surface area (Å²) in [6.07, 6.45) is 4.57. The normalized spacial score (nSPS) is 11.1. The Morgan fingerprint density at radius 3 is 2.77 bits per heavy atom. The first kappa shape index (κ1) is 19.3. The maximum absolute atomic E-state index is 11.8. The van der Waals surface area contributed by atoms with Gasteiger partial charge in [-0.25, -0.2) is 9.97 Å². The van der Waals surface area contributed by atoms with Crippen molar-refractivity contribution in [1.82, 2.24) is 20.3 Å². The summed E-state index contributed by atoms with van der Waals surface area (Å²) in [5.74, 6) is 0.763. The summed E-state index contributed by atoms with van der Waals surface area (Å²) in [5.41, 5.74) is 5.07. The zero-order valence-electron chi connectivity index (χ0n) is 17.0. The number of para-hydroxylation sites is 1. The number of fused-ring (bicyclic) bond motifs is 2. The largest absolute Gasteiger partial charge is 0.368 e. The number of carbonyl (C=O) groups excluding carboxylic acids is 1. The molecule has 6 nitrogen and oxygen atoms in total. The molecule has 3 aromatic heterocycles. The number of hydrogen-bond donors (Lipinski definition) is 3. The van der Waals surface area contributed by atoms with Crippen molar-refractivity contribution in [1.29, 1.82) is 0 Å². The van der Waals surface area contributed by atoms with Gasteiger partial charge in [0, 0.05) is 41.1 Å². The minimum atomic E-state index is -0.0876. The van der Waals surface area contributed by atoms with Crippen LogP contribution >= 0.6 is 11.3 Å². The van der Waals surface area contributed by atoms with Crippen molar-refractivity contribution < 1.29 is 4.79 Å². The molecule has 0 saturated heterocycles. The molecule has 0 aliphatic carbocycles. The minimum Gasteiger partial charge on any atom is -0.368 e. The molecule has 3 heterocycles. The fourth-order valence-corrected chi connectivity index (χ4v) is 4.79. The molecular formula is C24H21N5OS. The highest BCUT2D eigenvalue weighted by atomic mass is 32.1. The Morgan fingerprint density at radius 2 is 1.94 bits per heavy atom. The van der Waals surface area contributed by atoms with Crippen LogP contribution in [-0.2, 0) is 6.42 Å². The Bertz CT molecular complexity index is 1370. The highest BCUT2D eigenvalue weighted by molar-refractivity contribution is 7.22. The highest BCUT2D eigenvalue weighted by Crippen LogP contribution is 2.35. The summed E-state index contributed by atoms with van der Waals surface area (Å²) in [6, 6.07) is 18.0. The first-order chi connectivity index (χ1) is 15.2. The molecule has 2 aromatic carbocycles. The number of amides is 1. The molecule has 3 N–H and O–H groups in total. The van der Waals surface area contributed by atoms with Crippen molar-refractivity contribution in [2.45, 2.75) is 6.42 Å². The predicted molar refractivity (Wildman–Crippen MR) is 127 cm³/mol. The van der Waals surface area contributed by atoms with E-state index in [-0.39, 0.29) is 5.91 Å². The average molecular weight is 428 g/mol. The molecular weight excluding hydrogens is 406 g/mol. The van der Waals surface area contributed by atoms with E-state index >= 15 is 0 Å². The van der Waals surface area contributed by atoms with Gasteiger partial charge in [0.2, 0.25) is 0 Å². The van der Waals surface area contributed by atoms with E-state index in [9.17, 15) is 4.79 Å². The van der Waals surface area contributed by atoms with Crippen LogP contribution in [0.1, 0.15) is 15.9 Å². The third kappa shape index (κ3) is 3.75. The van der Waals surface area contributed by atoms with Crippen molar-refractivity contribution in [2.75, 3.05) is 18.9 Å². The van der Waals surface area contributed by atoms with Gasteiger partial charge in [0.05, 0.1) is 10.2 Å². The fraction of sp³-hybridized carbons (Fsp3) is 0.125. The predicted octanol–water partition coefficient (Wildman–Crippen LogP) is 4.85. The molecule has 0 radical (unpaired) electrons. The van der Waals surface area contributed by atoms with E-state index in [4.69, 9.17) is 0 Å². The van der Waals surface area contributed by atoms with Gasteiger partial charge in [0.25, 0.3) is 5.91 Å². The second-order valence-corrected chi connectivity index (χ2v) is 8.29. The summed E-state index contributed by atoms with van der Waals surface area (Å²) in [7, 11) is 1.63. The van der Waals surface area contributed by atoms with Gasteiger partial charge in [-0.3, -0.25) is 4.79 Å². The summed E-state index contributed by atoms with van der Waals surface area (Å²) < 4.78 is 1.03. The van der Waals surface area contributed by atoms with Gasteiger partial charge in [0.1, 0.15) is 12.1 Å². The molecule has 0 unspecified atom stereocenters. The van der Waals surface area contributed by atoms with Crippen molar-refractivity contribution in [3.63, 3.8) is 0 Å². The third-order valence-corrected chi connectivity index (χ3v) is 6.51. The molecule has 5 aromatic rings. The lowest BCUT2D eigenvalue weighted by Gasteiger charge is -2.05. The number of nitrogens with zero attached hydrogens (tertiary/aromatic N) is 2. The molecule has 7 heteroatoms. The van der Waals surface area contributed by atoms with E-state index in [1.807, 2.05) is 30.3 Å². The van der Waals surface area contributed by atoms with E-state index in [2.05, 4.69) is 56.0 Å². The van der Waals surface area contributed by atoms with Gasteiger partial charge in [-0.1, -0.05) is 30.3 Å². The van der Waals surface area contributed by atoms with Crippen LogP contribution in [0, 0.1) is 0 Å². The number of aromatic amines is 1. The first-order valence-corrected chi connectivity index (χ1v) is 10.9. The molecule has 0 atom stereocenters. The number of benzene rings is 2. The Balaban J connectivity index is 1.35. The maximum atomic E-state index is 11.8. The zero-order valence-corrected chi connectivity index (χ0v) is 17.8. The molecule has 0 aliphatic rings. The lowest BCUT2D eigenvalue weighted by molar-refractivity contribution is 0.0963. The molecule has 1 amide bonds. The Hall–Kier alpha value is -3.71. The molecule has 0 saturated carbocycles. The average Bonchev–Trinajstić information content (AvgIpc) is 3.44. The Labute approximate surface area is 183 Å². The van der Waals surface area contributed by atoms with E-state index < -0.39 is 0 Å². The van der Waals surface area contributed by atoms with Gasteiger partial charge in [-0.15, -0.1) is 11.3 Å². The Morgan fingerprint density at radius 1 is 1.10 bits per heavy atom. The second kappa shape index (κ2) is 8.20. The monoisotopic (exact) mass is 427 g/mol. The van der Waals surface area contributed by atoms with Crippen LogP contribution in [0.4, 0.5) is 5.82 Å². The highest BCUT2D eigenvalue weighted by Gasteiger charge is 2.11. The number of carbonyl (C=O) groups is 1. The molecule has 0 aliphatic heterocycles. The van der Waals surface area contributed by atoms with E-state index in [1.54, 1.807) is 24.7 Å². The van der Waals surface area contributed by atoms with Gasteiger partial charge in [-0.05, 0) is 41.8 Å². The van der Waals surface area contributed by atoms with Gasteiger partial charge < -0.3 is 15.6 Å². The standard InChI is InChI=1S/C24H21N5OS/c1-25-24(30)16-8-6-15(7-9-16)21-12-20-22(31-21)23(29-14-28-20)26-11-10-17-13-27-19-5-3-2-4-18(17)19/h2-9,12-14,27H,10-11H2,1H3,(H,25,30)(H,26,28,29). The molecule has 154 valence electrons. The molecule has 0 bridgehead atoms. The first-order valence-electron chi connectivity index (χ1n) is 10.1. The maximum Gasteiger partial charge on any atom is 0.251 e. The van der Waals surface area contributed by atoms with Crippen molar-refractivity contribution in [3.05, 3.63) is 78.2 Å². The number of rotatable bonds is 6. The number of aromatic nitrogens is 3. The van der Waals surface area contributed by atoms with Gasteiger partial charge in [0.15, 0.2) is 0 Å². The van der Waals surface area contributed by atoms with E-state index in [0.717, 1.165) is 45.0 Å². The van der Waals surface area contributed by atoms with Crippen LogP contribution in [0.25, 0.3) is 31.6 Å². The fourth-order valence-electron chi connectivity index (χ4n) is 3.71. The quantitative estimate of drug-likeness (QED) is 0.362. The molecule has 31 heavy (non-hydrogen) atoms. The number of hydrogen-bond acceptors (Lipinski definition) is 5. The van der Waals surface area contributed by atoms with Gasteiger partial charge in [-0.2, -0.15) is 0 Å². The number of anilines is 1. The number of H-pyrrole nitrogens is 1. The lowest BCUT2D eigenvalue weighted by Crippen LogP contribution is -2.17. The second-order valence-electron chi connectivity index (χ2n) is 7.24. The van der Waals surface area contributed by atoms with Crippen LogP contribution in [0.15, 0.2) is 67.1 Å². The van der Waals surface area contributed by atoms with Crippen LogP contribution in [-0.4, -0.2) is 34.5 Å². The van der Waals surface area contributed by atoms with E-state index in [0.29, 0.717) is 5.56 Å². The van der Waals surface area contributed by atoms with Crippen molar-refractivity contribution in [3.8, 4) is 10.4 Å². The Kier molecular flexibility index (Phi) is 5.09. The summed E-state index contributed by atoms with van der Waals surface area (Å²) in [5, 5.41) is 7.38. The van der Waals surface area contributed by atoms with Crippen LogP contribution in [0.2, 0.25) is 0 Å². The lowest BCUT2D eigenvalue weighted by atomic mass is 10.1. The van der Waals surface area contributed by atoms with Crippen LogP contribution in [0.3, 0.4) is 0 Å². The molecule has 5 rings (SSSR count).